The Morgan fingerprint density at radius 1 is 0.274 bits per heavy atom. The van der Waals surface area contributed by atoms with Gasteiger partial charge in [-0.2, -0.15) is 0 Å². The first-order valence-electron chi connectivity index (χ1n) is 52.8. The summed E-state index contributed by atoms with van der Waals surface area (Å²) in [4.78, 5) is 91.8. The molecule has 0 saturated carbocycles. The van der Waals surface area contributed by atoms with E-state index in [1.807, 2.05) is 27.8 Å². The molecule has 25 nitrogen and oxygen atoms in total. The minimum atomic E-state index is -0.585. The molecule has 0 radical (unpaired) electrons. The van der Waals surface area contributed by atoms with Crippen LogP contribution in [0.5, 0.6) is 0 Å². The standard InChI is InChI=1S/C34H49N3O6.C31H43N3O5.C30H43NO4.C26H37NO2/c1-24-8-10-26-27-11-9-25(2)23-29(27)34(28(26)22-24,15-13-31(39)37(18-20-41-6)19-21-42-7)14-12-30(38)35-16-17-36-32(40)43-33(3,4)5;1-22-6-8-25-26-9-7-23(2)21-28(26)31(27(25)20-22,12-10-29(36)33-15-14-32-24(3)35)13-11-30(37)34(16-18-38-4)17-19-39-5;1-22-10-12-24-25-13-11-23(2)21-27(25)30(26(24)20-22,15-9-17-34-19-18-33-6)14-7-8-16-31-28(32)35-29(3,4)5;1-20-8-10-22-23-11-9-21(2)19-25(23)26(24(22)18-20,12-5-6-14-27-3)13-7-15-29-17-16-28-4/h8-11,22-23H,12-21H2,1-7H3,(H,35,38)(H,36,40);6-9,20-21H,10-19H2,1-5H3,(H,32,35)(H,33,36);10-13,20-21H,7-9,14-19H2,1-6H3,(H,31,32);8-11,18-19,27H,5-7,12-17H2,1-4H3. The highest BCUT2D eigenvalue weighted by Crippen LogP contribution is 2.59. The summed E-state index contributed by atoms with van der Waals surface area (Å²) in [6.07, 6.45) is 13.5. The Kier molecular flexibility index (Phi) is 47.5. The summed E-state index contributed by atoms with van der Waals surface area (Å²) in [5, 5.41) is 17.4. The van der Waals surface area contributed by atoms with Crippen LogP contribution in [0.3, 0.4) is 0 Å². The number of alkyl carbamates (subject to hydrolysis) is 2. The molecule has 0 unspecified atom stereocenters. The lowest BCUT2D eigenvalue weighted by molar-refractivity contribution is -0.133. The summed E-state index contributed by atoms with van der Waals surface area (Å²) in [7, 11) is 12.0. The van der Waals surface area contributed by atoms with Gasteiger partial charge in [0, 0.05) is 169 Å². The van der Waals surface area contributed by atoms with Crippen LogP contribution in [0.25, 0.3) is 44.5 Å². The summed E-state index contributed by atoms with van der Waals surface area (Å²) < 4.78 is 53.5. The molecule has 0 bridgehead atoms. The van der Waals surface area contributed by atoms with Gasteiger partial charge in [-0.05, 0) is 277 Å². The molecule has 7 amide bonds. The van der Waals surface area contributed by atoms with Gasteiger partial charge in [-0.25, -0.2) is 9.59 Å². The fraction of sp³-hybridized carbons (Fsp3) is 0.545. The van der Waals surface area contributed by atoms with E-state index in [4.69, 9.17) is 47.4 Å². The number of aryl methyl sites for hydroxylation is 8. The summed E-state index contributed by atoms with van der Waals surface area (Å²) in [6.45, 7) is 40.6. The molecule has 0 atom stereocenters. The predicted octanol–water partition coefficient (Wildman–Crippen LogP) is 20.5. The number of unbranched alkanes of at least 4 members (excludes halogenated alkanes) is 2. The Hall–Kier alpha value is -10.7. The molecule has 0 saturated heterocycles. The van der Waals surface area contributed by atoms with E-state index in [1.54, 1.807) is 73.2 Å². The lowest BCUT2D eigenvalue weighted by atomic mass is 9.70. The number of fused-ring (bicyclic) bond motifs is 12. The van der Waals surface area contributed by atoms with Gasteiger partial charge in [-0.1, -0.05) is 203 Å². The van der Waals surface area contributed by atoms with Crippen LogP contribution in [0.15, 0.2) is 146 Å². The number of hydrogen-bond donors (Lipinski definition) is 6. The molecule has 0 spiro atoms. The van der Waals surface area contributed by atoms with Crippen LogP contribution < -0.4 is 31.9 Å². The van der Waals surface area contributed by atoms with E-state index in [0.29, 0.717) is 150 Å². The molecule has 8 aromatic carbocycles. The van der Waals surface area contributed by atoms with Gasteiger partial charge in [0.15, 0.2) is 0 Å². The summed E-state index contributed by atoms with van der Waals surface area (Å²) >= 11 is 0. The lowest BCUT2D eigenvalue weighted by Crippen LogP contribution is -2.39. The molecule has 0 fully saturated rings. The van der Waals surface area contributed by atoms with Crippen molar-refractivity contribution in [1.82, 2.24) is 41.7 Å². The van der Waals surface area contributed by atoms with E-state index in [1.165, 1.54) is 126 Å². The Bertz CT molecular complexity index is 5340. The molecule has 0 heterocycles. The lowest BCUT2D eigenvalue weighted by Gasteiger charge is -2.33. The number of carbonyl (C=O) groups is 7. The Morgan fingerprint density at radius 3 is 0.774 bits per heavy atom. The van der Waals surface area contributed by atoms with Gasteiger partial charge < -0.3 is 89.1 Å². The third-order valence-corrected chi connectivity index (χ3v) is 28.3. The molecular formula is C121H172N8O17. The number of ether oxygens (including phenoxy) is 10. The highest BCUT2D eigenvalue weighted by molar-refractivity contribution is 5.88. The minimum Gasteiger partial charge on any atom is -0.444 e. The van der Waals surface area contributed by atoms with E-state index < -0.39 is 28.1 Å². The first-order valence-corrected chi connectivity index (χ1v) is 52.8. The van der Waals surface area contributed by atoms with Gasteiger partial charge in [0.1, 0.15) is 11.2 Å². The quantitative estimate of drug-likeness (QED) is 0.0193. The monoisotopic (exact) mass is 2010 g/mol. The van der Waals surface area contributed by atoms with E-state index in [-0.39, 0.29) is 59.4 Å². The highest BCUT2D eigenvalue weighted by atomic mass is 16.6. The van der Waals surface area contributed by atoms with Crippen molar-refractivity contribution in [1.29, 1.82) is 0 Å². The maximum Gasteiger partial charge on any atom is 0.407 e. The van der Waals surface area contributed by atoms with E-state index in [9.17, 15) is 33.6 Å². The van der Waals surface area contributed by atoms with E-state index in [2.05, 4.69) is 233 Å². The number of hydrogen-bond acceptors (Lipinski definition) is 18. The van der Waals surface area contributed by atoms with Crippen molar-refractivity contribution in [3.05, 3.63) is 235 Å². The third kappa shape index (κ3) is 33.6. The molecule has 25 heteroatoms. The molecule has 798 valence electrons. The average Bonchev–Trinajstić information content (AvgIpc) is 1.59. The zero-order valence-corrected chi connectivity index (χ0v) is 92.1. The van der Waals surface area contributed by atoms with Crippen molar-refractivity contribution in [2.45, 2.75) is 252 Å². The normalized spacial score (nSPS) is 13.5. The molecule has 4 aliphatic carbocycles. The summed E-state index contributed by atoms with van der Waals surface area (Å²) in [5.74, 6) is -0.195. The topological polar surface area (TPSA) is 290 Å². The second-order valence-electron chi connectivity index (χ2n) is 41.9. The first kappa shape index (κ1) is 119. The van der Waals surface area contributed by atoms with Crippen molar-refractivity contribution >= 4 is 41.7 Å². The average molecular weight is 2010 g/mol. The van der Waals surface area contributed by atoms with Gasteiger partial charge in [0.05, 0.1) is 52.9 Å². The number of methoxy groups -OCH3 is 6. The SMILES string of the molecule is CNCCCCC1(CCCOCCOC)c2cc(C)ccc2-c2ccc(C)cc21.COCCN(CCOC)C(=O)CCC1(CCC(=O)NCCNC(=O)OC(C)(C)C)c2cc(C)ccc2-c2ccc(C)cc21.COCCN(CCOC)C(=O)CCC1(CCC(=O)NCCNC(C)=O)c2cc(C)ccc2-c2ccc(C)cc21.COCCOCCCC1(CCCCNC(=O)OC(C)(C)C)c2cc(C)ccc2-c2ccc(C)cc21. The van der Waals surface area contributed by atoms with Crippen LogP contribution in [0.2, 0.25) is 0 Å². The van der Waals surface area contributed by atoms with Crippen molar-refractivity contribution in [3.63, 3.8) is 0 Å². The zero-order valence-electron chi connectivity index (χ0n) is 92.1. The molecule has 146 heavy (non-hydrogen) atoms. The second kappa shape index (κ2) is 58.3. The smallest absolute Gasteiger partial charge is 0.407 e. The van der Waals surface area contributed by atoms with Crippen LogP contribution in [-0.4, -0.2) is 244 Å². The van der Waals surface area contributed by atoms with Gasteiger partial charge in [0.2, 0.25) is 29.5 Å². The van der Waals surface area contributed by atoms with Gasteiger partial charge in [0.25, 0.3) is 0 Å². The molecule has 6 N–H and O–H groups in total. The van der Waals surface area contributed by atoms with Crippen molar-refractivity contribution < 1.29 is 80.9 Å². The fourth-order valence-corrected chi connectivity index (χ4v) is 21.2. The van der Waals surface area contributed by atoms with Crippen molar-refractivity contribution in [2.75, 3.05) is 181 Å². The first-order chi connectivity index (χ1) is 69.9. The summed E-state index contributed by atoms with van der Waals surface area (Å²) in [5.41, 5.74) is 28.7. The van der Waals surface area contributed by atoms with Gasteiger partial charge in [-0.3, -0.25) is 24.0 Å². The van der Waals surface area contributed by atoms with Gasteiger partial charge in [-0.15, -0.1) is 0 Å². The molecule has 12 rings (SSSR count). The van der Waals surface area contributed by atoms with Crippen LogP contribution in [0.1, 0.15) is 253 Å². The zero-order chi connectivity index (χ0) is 106. The number of carbonyl (C=O) groups excluding carboxylic acids is 7. The number of nitrogens with one attached hydrogen (secondary N) is 6. The molecule has 4 aliphatic rings. The van der Waals surface area contributed by atoms with Crippen LogP contribution in [-0.2, 0) is 93.0 Å². The number of rotatable bonds is 54. The maximum atomic E-state index is 13.6. The van der Waals surface area contributed by atoms with E-state index >= 15 is 0 Å². The third-order valence-electron chi connectivity index (χ3n) is 28.3. The van der Waals surface area contributed by atoms with Gasteiger partial charge >= 0.3 is 12.2 Å². The van der Waals surface area contributed by atoms with Crippen LogP contribution in [0.4, 0.5) is 9.59 Å². The Labute approximate surface area is 872 Å². The van der Waals surface area contributed by atoms with Crippen molar-refractivity contribution in [3.8, 4) is 44.5 Å². The van der Waals surface area contributed by atoms with Crippen LogP contribution >= 0.6 is 0 Å². The molecule has 0 aliphatic heterocycles. The fourth-order valence-electron chi connectivity index (χ4n) is 21.2. The number of nitrogens with zero attached hydrogens (tertiary/aromatic N) is 2. The van der Waals surface area contributed by atoms with Crippen LogP contribution in [0, 0.1) is 55.4 Å². The molecule has 8 aromatic rings. The van der Waals surface area contributed by atoms with Crippen molar-refractivity contribution in [2.24, 2.45) is 0 Å². The predicted molar refractivity (Wildman–Crippen MR) is 585 cm³/mol. The van der Waals surface area contributed by atoms with E-state index in [0.717, 1.165) is 98.1 Å². The number of benzene rings is 8. The molecular weight excluding hydrogens is 1840 g/mol. The second-order valence-corrected chi connectivity index (χ2v) is 41.9. The number of amides is 7. The maximum absolute atomic E-state index is 13.6. The highest BCUT2D eigenvalue weighted by Gasteiger charge is 2.48. The Morgan fingerprint density at radius 2 is 0.514 bits per heavy atom. The molecule has 0 aromatic heterocycles. The summed E-state index contributed by atoms with van der Waals surface area (Å²) in [6, 6.07) is 53.9. The largest absolute Gasteiger partial charge is 0.444 e. The minimum absolute atomic E-state index is 0.0424. The Balaban J connectivity index is 0.000000218.